The number of carbonyl (C=O) groups is 1. The number of nitrogens with zero attached hydrogens (tertiary/aromatic N) is 3. The molecule has 32 heavy (non-hydrogen) atoms. The van der Waals surface area contributed by atoms with Crippen LogP contribution in [0.1, 0.15) is 62.8 Å². The molecule has 1 unspecified atom stereocenters. The number of ether oxygens (including phenoxy) is 2. The van der Waals surface area contributed by atoms with Crippen LogP contribution in [0.4, 0.5) is 10.5 Å². The minimum absolute atomic E-state index is 0.0960. The summed E-state index contributed by atoms with van der Waals surface area (Å²) in [4.78, 5) is 19.4. The number of rotatable bonds is 4. The van der Waals surface area contributed by atoms with Crippen molar-refractivity contribution in [3.63, 3.8) is 0 Å². The summed E-state index contributed by atoms with van der Waals surface area (Å²) in [6.45, 7) is 4.16. The molecule has 1 saturated heterocycles. The third-order valence-electron chi connectivity index (χ3n) is 7.35. The Morgan fingerprint density at radius 1 is 1.16 bits per heavy atom. The summed E-state index contributed by atoms with van der Waals surface area (Å²) in [5.74, 6) is 2.54. The van der Waals surface area contributed by atoms with Gasteiger partial charge in [0.2, 0.25) is 0 Å². The van der Waals surface area contributed by atoms with Crippen molar-refractivity contribution in [2.24, 2.45) is 7.05 Å². The van der Waals surface area contributed by atoms with E-state index >= 15 is 0 Å². The molecule has 2 fully saturated rings. The van der Waals surface area contributed by atoms with Gasteiger partial charge >= 0.3 is 6.09 Å². The number of anilines is 1. The Labute approximate surface area is 190 Å². The van der Waals surface area contributed by atoms with E-state index in [9.17, 15) is 4.79 Å². The van der Waals surface area contributed by atoms with E-state index in [1.165, 1.54) is 13.5 Å². The van der Waals surface area contributed by atoms with Crippen LogP contribution in [0.5, 0.6) is 5.75 Å². The van der Waals surface area contributed by atoms with E-state index in [1.54, 1.807) is 4.90 Å². The molecule has 172 valence electrons. The molecule has 1 atom stereocenters. The molecule has 0 radical (unpaired) electrons. The molecule has 1 aromatic heterocycles. The topological polar surface area (TPSA) is 68.6 Å². The Bertz CT molecular complexity index is 991. The number of hydrogen-bond acceptors (Lipinski definition) is 5. The summed E-state index contributed by atoms with van der Waals surface area (Å²) in [5, 5.41) is 3.44. The van der Waals surface area contributed by atoms with Gasteiger partial charge in [-0.2, -0.15) is 0 Å². The maximum Gasteiger partial charge on any atom is 0.414 e. The molecule has 2 aromatic rings. The third-order valence-corrected chi connectivity index (χ3v) is 7.35. The second-order valence-corrected chi connectivity index (χ2v) is 9.46. The Hall–Kier alpha value is -2.54. The van der Waals surface area contributed by atoms with E-state index < -0.39 is 0 Å². The second-order valence-electron chi connectivity index (χ2n) is 9.46. The maximum absolute atomic E-state index is 12.6. The number of nitrogens with one attached hydrogen (secondary N) is 1. The van der Waals surface area contributed by atoms with Crippen LogP contribution in [0.2, 0.25) is 0 Å². The molecule has 0 bridgehead atoms. The Kier molecular flexibility index (Phi) is 5.84. The first-order valence-electron chi connectivity index (χ1n) is 12.0. The second kappa shape index (κ2) is 8.77. The zero-order valence-electron chi connectivity index (χ0n) is 19.4. The number of methoxy groups -OCH3 is 1. The third kappa shape index (κ3) is 3.76. The smallest absolute Gasteiger partial charge is 0.414 e. The van der Waals surface area contributed by atoms with Crippen molar-refractivity contribution in [3.05, 3.63) is 29.7 Å². The fourth-order valence-electron chi connectivity index (χ4n) is 5.24. The van der Waals surface area contributed by atoms with E-state index in [0.29, 0.717) is 5.92 Å². The van der Waals surface area contributed by atoms with Crippen LogP contribution in [0.25, 0.3) is 11.3 Å². The SMILES string of the molecule is COC(=O)N1c2ccc(-c3cn(C)c(C4CCNCC4)n3)c(OC3CCC3)c2CCC1C. The van der Waals surface area contributed by atoms with Gasteiger partial charge in [0.15, 0.2) is 0 Å². The normalized spacial score (nSPS) is 21.7. The number of aryl methyl sites for hydroxylation is 1. The average Bonchev–Trinajstić information content (AvgIpc) is 3.17. The van der Waals surface area contributed by atoms with Gasteiger partial charge in [0.25, 0.3) is 0 Å². The minimum Gasteiger partial charge on any atom is -0.489 e. The van der Waals surface area contributed by atoms with Gasteiger partial charge in [0, 0.05) is 36.3 Å². The summed E-state index contributed by atoms with van der Waals surface area (Å²) in [6.07, 6.45) is 9.46. The van der Waals surface area contributed by atoms with Crippen molar-refractivity contribution in [1.29, 1.82) is 0 Å². The molecule has 2 aliphatic heterocycles. The van der Waals surface area contributed by atoms with E-state index in [4.69, 9.17) is 14.5 Å². The summed E-state index contributed by atoms with van der Waals surface area (Å²) in [7, 11) is 3.54. The molecule has 1 aliphatic carbocycles. The fourth-order valence-corrected chi connectivity index (χ4v) is 5.24. The number of aromatic nitrogens is 2. The summed E-state index contributed by atoms with van der Waals surface area (Å²) < 4.78 is 13.9. The van der Waals surface area contributed by atoms with Crippen LogP contribution in [-0.4, -0.2) is 48.0 Å². The van der Waals surface area contributed by atoms with E-state index in [0.717, 1.165) is 85.7 Å². The van der Waals surface area contributed by atoms with Crippen LogP contribution in [-0.2, 0) is 18.2 Å². The molecule has 0 spiro atoms. The van der Waals surface area contributed by atoms with Crippen molar-refractivity contribution in [3.8, 4) is 17.0 Å². The highest BCUT2D eigenvalue weighted by atomic mass is 16.5. The predicted molar refractivity (Wildman–Crippen MR) is 124 cm³/mol. The predicted octanol–water partition coefficient (Wildman–Crippen LogP) is 4.39. The Morgan fingerprint density at radius 3 is 2.62 bits per heavy atom. The van der Waals surface area contributed by atoms with Gasteiger partial charge in [-0.1, -0.05) is 0 Å². The summed E-state index contributed by atoms with van der Waals surface area (Å²) in [5.41, 5.74) is 4.00. The fraction of sp³-hybridized carbons (Fsp3) is 0.600. The van der Waals surface area contributed by atoms with Crippen LogP contribution in [0.3, 0.4) is 0 Å². The number of benzene rings is 1. The lowest BCUT2D eigenvalue weighted by molar-refractivity contribution is 0.119. The molecule has 1 N–H and O–H groups in total. The first-order valence-corrected chi connectivity index (χ1v) is 12.0. The highest BCUT2D eigenvalue weighted by Crippen LogP contribution is 2.44. The molecule has 1 amide bonds. The van der Waals surface area contributed by atoms with Gasteiger partial charge in [-0.25, -0.2) is 9.78 Å². The van der Waals surface area contributed by atoms with Crippen molar-refractivity contribution in [2.45, 2.75) is 69.9 Å². The lowest BCUT2D eigenvalue weighted by atomic mass is 9.92. The van der Waals surface area contributed by atoms with Crippen LogP contribution < -0.4 is 15.0 Å². The zero-order valence-corrected chi connectivity index (χ0v) is 19.4. The van der Waals surface area contributed by atoms with Crippen LogP contribution in [0, 0.1) is 0 Å². The molecule has 1 saturated carbocycles. The zero-order chi connectivity index (χ0) is 22.2. The highest BCUT2D eigenvalue weighted by molar-refractivity contribution is 5.92. The Morgan fingerprint density at radius 2 is 1.94 bits per heavy atom. The van der Waals surface area contributed by atoms with Crippen molar-refractivity contribution in [2.75, 3.05) is 25.1 Å². The maximum atomic E-state index is 12.6. The summed E-state index contributed by atoms with van der Waals surface area (Å²) in [6, 6.07) is 4.22. The van der Waals surface area contributed by atoms with Crippen LogP contribution in [0.15, 0.2) is 18.3 Å². The van der Waals surface area contributed by atoms with Gasteiger partial charge in [-0.3, -0.25) is 4.90 Å². The monoisotopic (exact) mass is 438 g/mol. The van der Waals surface area contributed by atoms with Crippen molar-refractivity contribution < 1.29 is 14.3 Å². The van der Waals surface area contributed by atoms with E-state index in [2.05, 4.69) is 36.1 Å². The van der Waals surface area contributed by atoms with Gasteiger partial charge < -0.3 is 19.4 Å². The van der Waals surface area contributed by atoms with Gasteiger partial charge in [0.05, 0.1) is 24.6 Å². The van der Waals surface area contributed by atoms with Crippen LogP contribution >= 0.6 is 0 Å². The molecule has 7 nitrogen and oxygen atoms in total. The quantitative estimate of drug-likeness (QED) is 0.767. The van der Waals surface area contributed by atoms with E-state index in [1.807, 2.05) is 6.07 Å². The van der Waals surface area contributed by atoms with Crippen molar-refractivity contribution in [1.82, 2.24) is 14.9 Å². The first-order chi connectivity index (χ1) is 15.6. The molecule has 3 aliphatic rings. The molecule has 1 aromatic carbocycles. The minimum atomic E-state index is -0.313. The van der Waals surface area contributed by atoms with Crippen molar-refractivity contribution >= 4 is 11.8 Å². The molecule has 5 rings (SSSR count). The molecular weight excluding hydrogens is 404 g/mol. The van der Waals surface area contributed by atoms with Gasteiger partial charge in [-0.15, -0.1) is 0 Å². The molecular formula is C25H34N4O3. The molecule has 3 heterocycles. The Balaban J connectivity index is 1.57. The number of imidazole rings is 1. The van der Waals surface area contributed by atoms with Gasteiger partial charge in [0.1, 0.15) is 11.6 Å². The lowest BCUT2D eigenvalue weighted by Crippen LogP contribution is -2.42. The van der Waals surface area contributed by atoms with E-state index in [-0.39, 0.29) is 18.2 Å². The standard InChI is InChI=1S/C25H34N4O3/c1-16-7-8-20-22(29(16)25(30)31-3)10-9-19(23(20)32-18-5-4-6-18)21-15-28(2)24(27-21)17-11-13-26-14-12-17/h9-10,15-18,26H,4-8,11-14H2,1-3H3. The summed E-state index contributed by atoms with van der Waals surface area (Å²) >= 11 is 0. The lowest BCUT2D eigenvalue weighted by Gasteiger charge is -2.36. The highest BCUT2D eigenvalue weighted by Gasteiger charge is 2.34. The van der Waals surface area contributed by atoms with Gasteiger partial charge in [-0.05, 0) is 77.1 Å². The number of fused-ring (bicyclic) bond motifs is 1. The largest absolute Gasteiger partial charge is 0.489 e. The number of hydrogen-bond donors (Lipinski definition) is 1. The number of amides is 1. The molecule has 7 heteroatoms. The average molecular weight is 439 g/mol. The number of piperidine rings is 1. The number of carbonyl (C=O) groups excluding carboxylic acids is 1. The first kappa shape index (κ1) is 21.3.